The molecule has 0 aliphatic heterocycles. The zero-order valence-corrected chi connectivity index (χ0v) is 6.73. The van der Waals surface area contributed by atoms with Crippen LogP contribution in [-0.4, -0.2) is 16.4 Å². The maximum Gasteiger partial charge on any atom is 0.221 e. The van der Waals surface area contributed by atoms with Gasteiger partial charge in [-0.2, -0.15) is 0 Å². The molecule has 0 spiro atoms. The van der Waals surface area contributed by atoms with Crippen LogP contribution in [0.2, 0.25) is 0 Å². The lowest BCUT2D eigenvalue weighted by atomic mass is 10.2. The summed E-state index contributed by atoms with van der Waals surface area (Å²) in [5.41, 5.74) is 1.50. The molecular formula is C9H7NO3. The van der Waals surface area contributed by atoms with Gasteiger partial charge in [0.2, 0.25) is 5.89 Å². The average Bonchev–Trinajstić information content (AvgIpc) is 2.59. The van der Waals surface area contributed by atoms with Crippen LogP contribution in [0, 0.1) is 0 Å². The van der Waals surface area contributed by atoms with Crippen LogP contribution in [0.25, 0.3) is 11.1 Å². The summed E-state index contributed by atoms with van der Waals surface area (Å²) >= 11 is 0. The van der Waals surface area contributed by atoms with Crippen LogP contribution in [0.4, 0.5) is 0 Å². The van der Waals surface area contributed by atoms with Gasteiger partial charge in [-0.1, -0.05) is 6.07 Å². The number of hydrogen-bond donors (Lipinski definition) is 1. The number of aliphatic hydroxyl groups is 1. The Hall–Kier alpha value is -1.68. The molecule has 2 aromatic rings. The molecule has 1 aromatic heterocycles. The smallest absolute Gasteiger partial charge is 0.221 e. The molecule has 4 heteroatoms. The van der Waals surface area contributed by atoms with Crippen molar-refractivity contribution in [3.05, 3.63) is 29.7 Å². The molecule has 0 unspecified atom stereocenters. The third-order valence-corrected chi connectivity index (χ3v) is 1.76. The summed E-state index contributed by atoms with van der Waals surface area (Å²) in [5.74, 6) is 0.226. The molecule has 0 bridgehead atoms. The largest absolute Gasteiger partial charge is 0.438 e. The van der Waals surface area contributed by atoms with E-state index in [1.807, 2.05) is 0 Å². The Morgan fingerprint density at radius 2 is 2.38 bits per heavy atom. The number of para-hydroxylation sites is 1. The fourth-order valence-corrected chi connectivity index (χ4v) is 1.18. The van der Waals surface area contributed by atoms with E-state index >= 15 is 0 Å². The number of hydrogen-bond acceptors (Lipinski definition) is 4. The first-order chi connectivity index (χ1) is 6.35. The van der Waals surface area contributed by atoms with Crippen LogP contribution in [-0.2, 0) is 6.61 Å². The lowest BCUT2D eigenvalue weighted by molar-refractivity contribution is 0.112. The topological polar surface area (TPSA) is 63.3 Å². The highest BCUT2D eigenvalue weighted by molar-refractivity contribution is 5.93. The molecule has 0 atom stereocenters. The highest BCUT2D eigenvalue weighted by Crippen LogP contribution is 2.18. The average molecular weight is 177 g/mol. The van der Waals surface area contributed by atoms with Gasteiger partial charge in [-0.3, -0.25) is 4.79 Å². The molecule has 1 N–H and O–H groups in total. The van der Waals surface area contributed by atoms with Crippen LogP contribution in [0.15, 0.2) is 22.6 Å². The summed E-state index contributed by atoms with van der Waals surface area (Å²) in [7, 11) is 0. The van der Waals surface area contributed by atoms with E-state index in [9.17, 15) is 4.79 Å². The van der Waals surface area contributed by atoms with Crippen LogP contribution in [0.1, 0.15) is 16.2 Å². The fourth-order valence-electron chi connectivity index (χ4n) is 1.18. The van der Waals surface area contributed by atoms with E-state index in [4.69, 9.17) is 9.52 Å². The van der Waals surface area contributed by atoms with Gasteiger partial charge >= 0.3 is 0 Å². The number of carbonyl (C=O) groups excluding carboxylic acids is 1. The molecule has 1 aromatic carbocycles. The first kappa shape index (κ1) is 7.94. The molecule has 0 aliphatic carbocycles. The second-order valence-corrected chi connectivity index (χ2v) is 2.58. The number of carbonyl (C=O) groups is 1. The van der Waals surface area contributed by atoms with Crippen molar-refractivity contribution in [3.63, 3.8) is 0 Å². The summed E-state index contributed by atoms with van der Waals surface area (Å²) in [6.07, 6.45) is 0.714. The normalized spacial score (nSPS) is 10.5. The zero-order chi connectivity index (χ0) is 9.26. The van der Waals surface area contributed by atoms with Crippen molar-refractivity contribution in [2.75, 3.05) is 0 Å². The van der Waals surface area contributed by atoms with Gasteiger partial charge in [0.1, 0.15) is 12.1 Å². The Labute approximate surface area is 73.8 Å². The number of benzene rings is 1. The van der Waals surface area contributed by atoms with E-state index in [2.05, 4.69) is 4.98 Å². The molecule has 2 rings (SSSR count). The highest BCUT2D eigenvalue weighted by Gasteiger charge is 2.07. The standard InChI is InChI=1S/C9H7NO3/c11-4-6-2-1-3-7-9(6)10-8(5-12)13-7/h1-4,12H,5H2. The second-order valence-electron chi connectivity index (χ2n) is 2.58. The van der Waals surface area contributed by atoms with Gasteiger partial charge < -0.3 is 9.52 Å². The SMILES string of the molecule is O=Cc1cccc2oc(CO)nc12. The first-order valence-corrected chi connectivity index (χ1v) is 3.79. The number of rotatable bonds is 2. The fraction of sp³-hybridized carbons (Fsp3) is 0.111. The molecule has 66 valence electrons. The molecule has 0 saturated carbocycles. The van der Waals surface area contributed by atoms with Gasteiger partial charge in [0.25, 0.3) is 0 Å². The van der Waals surface area contributed by atoms with Crippen molar-refractivity contribution in [2.24, 2.45) is 0 Å². The van der Waals surface area contributed by atoms with Gasteiger partial charge in [0, 0.05) is 5.56 Å². The number of nitrogens with zero attached hydrogens (tertiary/aromatic N) is 1. The highest BCUT2D eigenvalue weighted by atomic mass is 16.4. The van der Waals surface area contributed by atoms with Crippen molar-refractivity contribution in [3.8, 4) is 0 Å². The molecular weight excluding hydrogens is 170 g/mol. The number of fused-ring (bicyclic) bond motifs is 1. The summed E-state index contributed by atoms with van der Waals surface area (Å²) < 4.78 is 5.14. The number of aromatic nitrogens is 1. The van der Waals surface area contributed by atoms with Crippen molar-refractivity contribution in [1.82, 2.24) is 4.98 Å². The maximum absolute atomic E-state index is 10.6. The number of oxazole rings is 1. The van der Waals surface area contributed by atoms with E-state index < -0.39 is 0 Å². The van der Waals surface area contributed by atoms with Crippen molar-refractivity contribution < 1.29 is 14.3 Å². The number of aldehydes is 1. The lowest BCUT2D eigenvalue weighted by Gasteiger charge is -1.87. The minimum absolute atomic E-state index is 0.226. The minimum atomic E-state index is -0.257. The molecule has 0 radical (unpaired) electrons. The summed E-state index contributed by atoms with van der Waals surface area (Å²) in [4.78, 5) is 14.5. The van der Waals surface area contributed by atoms with Crippen LogP contribution < -0.4 is 0 Å². The van der Waals surface area contributed by atoms with Crippen LogP contribution in [0.5, 0.6) is 0 Å². The Morgan fingerprint density at radius 3 is 3.08 bits per heavy atom. The maximum atomic E-state index is 10.6. The molecule has 0 fully saturated rings. The van der Waals surface area contributed by atoms with Crippen molar-refractivity contribution in [1.29, 1.82) is 0 Å². The summed E-state index contributed by atoms with van der Waals surface area (Å²) in [5, 5.41) is 8.76. The van der Waals surface area contributed by atoms with E-state index in [1.54, 1.807) is 18.2 Å². The Bertz CT molecular complexity index is 447. The Balaban J connectivity index is 2.74. The van der Waals surface area contributed by atoms with Gasteiger partial charge in [0.15, 0.2) is 11.9 Å². The molecule has 4 nitrogen and oxygen atoms in total. The lowest BCUT2D eigenvalue weighted by Crippen LogP contribution is -1.83. The summed E-state index contributed by atoms with van der Waals surface area (Å²) in [6.45, 7) is -0.257. The predicted octanol–water partition coefficient (Wildman–Crippen LogP) is 1.13. The molecule has 0 amide bonds. The molecule has 13 heavy (non-hydrogen) atoms. The zero-order valence-electron chi connectivity index (χ0n) is 6.73. The monoisotopic (exact) mass is 177 g/mol. The molecule has 1 heterocycles. The minimum Gasteiger partial charge on any atom is -0.438 e. The van der Waals surface area contributed by atoms with Crippen LogP contribution >= 0.6 is 0 Å². The second kappa shape index (κ2) is 2.99. The predicted molar refractivity (Wildman–Crippen MR) is 45.3 cm³/mol. The molecule has 0 saturated heterocycles. The van der Waals surface area contributed by atoms with E-state index in [1.165, 1.54) is 0 Å². The molecule has 0 aliphatic rings. The first-order valence-electron chi connectivity index (χ1n) is 3.79. The van der Waals surface area contributed by atoms with Gasteiger partial charge in [-0.15, -0.1) is 0 Å². The van der Waals surface area contributed by atoms with E-state index in [-0.39, 0.29) is 12.5 Å². The van der Waals surface area contributed by atoms with Crippen molar-refractivity contribution >= 4 is 17.4 Å². The van der Waals surface area contributed by atoms with Crippen LogP contribution in [0.3, 0.4) is 0 Å². The summed E-state index contributed by atoms with van der Waals surface area (Å²) in [6, 6.07) is 5.06. The quantitative estimate of drug-likeness (QED) is 0.698. The third kappa shape index (κ3) is 1.21. The Morgan fingerprint density at radius 1 is 1.54 bits per heavy atom. The van der Waals surface area contributed by atoms with E-state index in [0.717, 1.165) is 0 Å². The van der Waals surface area contributed by atoms with Crippen molar-refractivity contribution in [2.45, 2.75) is 6.61 Å². The number of aliphatic hydroxyl groups excluding tert-OH is 1. The van der Waals surface area contributed by atoms with Gasteiger partial charge in [-0.25, -0.2) is 4.98 Å². The Kier molecular flexibility index (Phi) is 1.83. The van der Waals surface area contributed by atoms with Gasteiger partial charge in [-0.05, 0) is 12.1 Å². The van der Waals surface area contributed by atoms with E-state index in [0.29, 0.717) is 22.9 Å². The third-order valence-electron chi connectivity index (χ3n) is 1.76. The van der Waals surface area contributed by atoms with Gasteiger partial charge in [0.05, 0.1) is 0 Å².